The Kier molecular flexibility index (Phi) is 11.6. The van der Waals surface area contributed by atoms with Gasteiger partial charge in [0.25, 0.3) is 11.8 Å². The Bertz CT molecular complexity index is 2380. The third-order valence-electron chi connectivity index (χ3n) is 13.4. The molecule has 1 aliphatic carbocycles. The van der Waals surface area contributed by atoms with E-state index in [9.17, 15) is 24.0 Å². The summed E-state index contributed by atoms with van der Waals surface area (Å²) in [6.45, 7) is 5.33. The van der Waals surface area contributed by atoms with Crippen LogP contribution in [-0.2, 0) is 20.9 Å². The van der Waals surface area contributed by atoms with Crippen LogP contribution >= 0.6 is 0 Å². The highest BCUT2D eigenvalue weighted by Crippen LogP contribution is 2.37. The van der Waals surface area contributed by atoms with Crippen molar-refractivity contribution in [1.29, 1.82) is 0 Å². The summed E-state index contributed by atoms with van der Waals surface area (Å²) in [5.41, 5.74) is 3.99. The highest BCUT2D eigenvalue weighted by Gasteiger charge is 2.40. The molecule has 3 aromatic heterocycles. The Morgan fingerprint density at radius 1 is 0.919 bits per heavy atom. The Balaban J connectivity index is 0.718. The zero-order valence-corrected chi connectivity index (χ0v) is 35.4. The second-order valence-electron chi connectivity index (χ2n) is 17.6. The number of hydrogen-bond acceptors (Lipinski definition) is 11. The lowest BCUT2D eigenvalue weighted by molar-refractivity contribution is -0.137. The van der Waals surface area contributed by atoms with E-state index in [2.05, 4.69) is 35.0 Å². The topological polar surface area (TPSA) is 169 Å². The van der Waals surface area contributed by atoms with E-state index >= 15 is 4.39 Å². The van der Waals surface area contributed by atoms with Gasteiger partial charge in [0.1, 0.15) is 29.0 Å². The maximum Gasteiger partial charge on any atom is 0.270 e. The second kappa shape index (κ2) is 17.4. The maximum absolute atomic E-state index is 15.4. The Morgan fingerprint density at radius 3 is 2.40 bits per heavy atom. The smallest absolute Gasteiger partial charge is 0.270 e. The second-order valence-corrected chi connectivity index (χ2v) is 17.6. The average Bonchev–Trinajstić information content (AvgIpc) is 4.01. The van der Waals surface area contributed by atoms with E-state index in [1.165, 1.54) is 11.0 Å². The van der Waals surface area contributed by atoms with Crippen LogP contribution in [0.15, 0.2) is 42.7 Å². The lowest BCUT2D eigenvalue weighted by Crippen LogP contribution is -2.52. The molecule has 0 spiro atoms. The molecule has 5 amide bonds. The molecule has 4 aromatic rings. The third-order valence-corrected chi connectivity index (χ3v) is 13.4. The summed E-state index contributed by atoms with van der Waals surface area (Å²) in [5, 5.41) is 6.39. The van der Waals surface area contributed by atoms with Crippen molar-refractivity contribution < 1.29 is 28.4 Å². The SMILES string of the molecule is CN(C)C(=O)c1cc2cnc(Nc3ccc(N4CCN(C(=O)CCCN5CCC(c6cc7c(cc6F)C(=O)N(C6CCC(=O)NC6=O)C7)CC5)CC4)cn3)nc2n1C1CCCC1. The Hall–Kier alpha value is -5.97. The predicted octanol–water partition coefficient (Wildman–Crippen LogP) is 4.60. The number of imide groups is 1. The Morgan fingerprint density at radius 2 is 1.69 bits per heavy atom. The fraction of sp³-hybridized carbons (Fsp3) is 0.511. The molecule has 1 unspecified atom stereocenters. The number of aromatic nitrogens is 4. The molecule has 1 aromatic carbocycles. The number of hydrogen-bond donors (Lipinski definition) is 2. The number of piperidine rings is 2. The normalized spacial score (nSPS) is 20.3. The molecule has 17 heteroatoms. The van der Waals surface area contributed by atoms with Gasteiger partial charge in [-0.1, -0.05) is 18.9 Å². The van der Waals surface area contributed by atoms with Gasteiger partial charge in [-0.15, -0.1) is 0 Å². The van der Waals surface area contributed by atoms with Gasteiger partial charge in [0.05, 0.1) is 11.9 Å². The van der Waals surface area contributed by atoms with E-state index in [1.807, 2.05) is 29.3 Å². The molecule has 16 nitrogen and oxygen atoms in total. The summed E-state index contributed by atoms with van der Waals surface area (Å²) < 4.78 is 17.5. The molecule has 4 fully saturated rings. The minimum atomic E-state index is -0.729. The van der Waals surface area contributed by atoms with Crippen LogP contribution in [-0.4, -0.2) is 135 Å². The third kappa shape index (κ3) is 8.33. The van der Waals surface area contributed by atoms with E-state index in [-0.39, 0.29) is 55.0 Å². The number of piperazine rings is 1. The molecule has 3 saturated heterocycles. The van der Waals surface area contributed by atoms with Gasteiger partial charge in [-0.2, -0.15) is 4.98 Å². The zero-order chi connectivity index (χ0) is 43.1. The van der Waals surface area contributed by atoms with Crippen molar-refractivity contribution in [3.63, 3.8) is 0 Å². The van der Waals surface area contributed by atoms with Crippen molar-refractivity contribution in [1.82, 2.24) is 44.4 Å². The van der Waals surface area contributed by atoms with Crippen LogP contribution in [0.2, 0.25) is 0 Å². The van der Waals surface area contributed by atoms with Crippen LogP contribution in [0, 0.1) is 5.82 Å². The maximum atomic E-state index is 15.4. The van der Waals surface area contributed by atoms with E-state index in [4.69, 9.17) is 4.98 Å². The van der Waals surface area contributed by atoms with E-state index in [0.717, 1.165) is 86.9 Å². The fourth-order valence-corrected chi connectivity index (χ4v) is 9.97. The van der Waals surface area contributed by atoms with Crippen LogP contribution in [0.4, 0.5) is 21.8 Å². The molecule has 0 bridgehead atoms. The molecule has 4 aliphatic heterocycles. The summed E-state index contributed by atoms with van der Waals surface area (Å²) in [7, 11) is 3.53. The first-order valence-electron chi connectivity index (χ1n) is 22.1. The Labute approximate surface area is 359 Å². The van der Waals surface area contributed by atoms with E-state index < -0.39 is 17.8 Å². The summed E-state index contributed by atoms with van der Waals surface area (Å²) in [6.07, 6.45) is 11.1. The molecular formula is C45H54FN11O5. The number of anilines is 3. The van der Waals surface area contributed by atoms with Crippen molar-refractivity contribution in [2.45, 2.75) is 88.8 Å². The van der Waals surface area contributed by atoms with Crippen molar-refractivity contribution in [2.24, 2.45) is 0 Å². The molecule has 2 N–H and O–H groups in total. The van der Waals surface area contributed by atoms with Crippen LogP contribution in [0.3, 0.4) is 0 Å². The van der Waals surface area contributed by atoms with Crippen molar-refractivity contribution >= 4 is 58.0 Å². The number of rotatable bonds is 11. The number of carbonyl (C=O) groups excluding carboxylic acids is 5. The van der Waals surface area contributed by atoms with E-state index in [0.29, 0.717) is 61.2 Å². The molecule has 326 valence electrons. The fourth-order valence-electron chi connectivity index (χ4n) is 9.97. The van der Waals surface area contributed by atoms with Gasteiger partial charge in [0.2, 0.25) is 23.7 Å². The number of benzene rings is 1. The largest absolute Gasteiger partial charge is 0.367 e. The number of carbonyl (C=O) groups is 5. The average molecular weight is 848 g/mol. The van der Waals surface area contributed by atoms with Gasteiger partial charge in [-0.3, -0.25) is 29.3 Å². The molecular weight excluding hydrogens is 794 g/mol. The molecule has 62 heavy (non-hydrogen) atoms. The van der Waals surface area contributed by atoms with Gasteiger partial charge in [-0.05, 0) is 99.5 Å². The molecule has 9 rings (SSSR count). The molecule has 7 heterocycles. The van der Waals surface area contributed by atoms with Crippen LogP contribution in [0.25, 0.3) is 11.0 Å². The van der Waals surface area contributed by atoms with Gasteiger partial charge >= 0.3 is 0 Å². The van der Waals surface area contributed by atoms with Crippen LogP contribution in [0.1, 0.15) is 108 Å². The number of halogens is 1. The van der Waals surface area contributed by atoms with Crippen molar-refractivity contribution in [3.05, 3.63) is 70.9 Å². The van der Waals surface area contributed by atoms with Gasteiger partial charge in [0.15, 0.2) is 0 Å². The highest BCUT2D eigenvalue weighted by atomic mass is 19.1. The summed E-state index contributed by atoms with van der Waals surface area (Å²) in [5.74, 6) is -0.410. The quantitative estimate of drug-likeness (QED) is 0.203. The molecule has 5 aliphatic rings. The zero-order valence-electron chi connectivity index (χ0n) is 35.4. The summed E-state index contributed by atoms with van der Waals surface area (Å²) in [6, 6.07) is 8.44. The number of fused-ring (bicyclic) bond motifs is 2. The lowest BCUT2D eigenvalue weighted by atomic mass is 9.87. The number of likely N-dealkylation sites (tertiary alicyclic amines) is 1. The highest BCUT2D eigenvalue weighted by molar-refractivity contribution is 6.05. The lowest BCUT2D eigenvalue weighted by Gasteiger charge is -2.36. The first-order valence-corrected chi connectivity index (χ1v) is 22.1. The first kappa shape index (κ1) is 41.4. The minimum absolute atomic E-state index is 0.0245. The molecule has 1 saturated carbocycles. The number of amides is 5. The monoisotopic (exact) mass is 847 g/mol. The van der Waals surface area contributed by atoms with Crippen LogP contribution in [0.5, 0.6) is 0 Å². The van der Waals surface area contributed by atoms with Crippen molar-refractivity contribution in [3.8, 4) is 0 Å². The number of nitrogens with zero attached hydrogens (tertiary/aromatic N) is 9. The number of nitrogens with one attached hydrogen (secondary N) is 2. The van der Waals surface area contributed by atoms with Gasteiger partial charge in [-0.25, -0.2) is 14.4 Å². The molecule has 0 radical (unpaired) electrons. The summed E-state index contributed by atoms with van der Waals surface area (Å²) in [4.78, 5) is 87.1. The van der Waals surface area contributed by atoms with Crippen molar-refractivity contribution in [2.75, 3.05) is 70.1 Å². The standard InChI is InChI=1S/C45H54FN11O5/c1-52(2)44(62)37-23-29-25-48-45(51-41(29)57(37)31-6-3-4-7-31)49-38-11-9-32(26-47-38)54-18-20-55(21-19-54)40(59)8-5-15-53-16-13-28(14-17-53)33-22-30-27-56(43(61)34(30)24-35(33)46)36-10-12-39(58)50-42(36)60/h9,11,22-26,28,31,36H,3-8,10,12-21,27H2,1-2H3,(H,50,58,60)(H,47,48,49,51). The first-order chi connectivity index (χ1) is 30.0. The predicted molar refractivity (Wildman–Crippen MR) is 229 cm³/mol. The molecule has 1 atom stereocenters. The van der Waals surface area contributed by atoms with E-state index in [1.54, 1.807) is 31.3 Å². The summed E-state index contributed by atoms with van der Waals surface area (Å²) >= 11 is 0. The number of pyridine rings is 1. The van der Waals surface area contributed by atoms with Gasteiger partial charge < -0.3 is 34.4 Å². The minimum Gasteiger partial charge on any atom is -0.367 e. The van der Waals surface area contributed by atoms with Gasteiger partial charge in [0, 0.05) is 82.8 Å². The van der Waals surface area contributed by atoms with Crippen LogP contribution < -0.4 is 15.5 Å².